The van der Waals surface area contributed by atoms with Gasteiger partial charge in [-0.1, -0.05) is 6.58 Å². The van der Waals surface area contributed by atoms with E-state index in [0.717, 1.165) is 22.9 Å². The Kier molecular flexibility index (Phi) is 5.38. The molecular weight excluding hydrogens is 472 g/mol. The smallest absolute Gasteiger partial charge is 0.391 e. The van der Waals surface area contributed by atoms with Gasteiger partial charge in [-0.25, -0.2) is 23.7 Å². The molecule has 1 unspecified atom stereocenters. The number of alkyl halides is 3. The van der Waals surface area contributed by atoms with E-state index in [0.29, 0.717) is 30.7 Å². The van der Waals surface area contributed by atoms with Crippen molar-refractivity contribution in [3.63, 3.8) is 0 Å². The van der Waals surface area contributed by atoms with Gasteiger partial charge in [-0.05, 0) is 24.6 Å². The Balaban J connectivity index is 1.65. The molecule has 3 aromatic heterocycles. The normalized spacial score (nSPS) is 18.8. The van der Waals surface area contributed by atoms with E-state index in [9.17, 15) is 32.3 Å². The number of pyridine rings is 2. The number of β-amino-alcohol motifs (C(OH)–C–C–N with tert-alkyl or cyclic N) is 1. The number of carbonyl (C=O) groups is 1. The van der Waals surface area contributed by atoms with E-state index in [4.69, 9.17) is 0 Å². The topological polar surface area (TPSA) is 96.5 Å². The summed E-state index contributed by atoms with van der Waals surface area (Å²) in [7, 11) is 0. The van der Waals surface area contributed by atoms with E-state index in [2.05, 4.69) is 16.5 Å². The van der Waals surface area contributed by atoms with E-state index in [1.807, 2.05) is 4.90 Å². The van der Waals surface area contributed by atoms with Crippen molar-refractivity contribution in [1.82, 2.24) is 24.0 Å². The number of rotatable bonds is 4. The van der Waals surface area contributed by atoms with Crippen LogP contribution in [-0.4, -0.2) is 67.3 Å². The largest absolute Gasteiger partial charge is 0.433 e. The predicted octanol–water partition coefficient (Wildman–Crippen LogP) is 2.04. The zero-order valence-corrected chi connectivity index (χ0v) is 18.2. The molecule has 2 aliphatic rings. The lowest BCUT2D eigenvalue weighted by Gasteiger charge is -2.39. The maximum absolute atomic E-state index is 13.6. The quantitative estimate of drug-likeness (QED) is 0.443. The van der Waals surface area contributed by atoms with Gasteiger partial charge in [0.1, 0.15) is 11.2 Å². The summed E-state index contributed by atoms with van der Waals surface area (Å²) in [5.41, 5.74) is -0.392. The van der Waals surface area contributed by atoms with Crippen LogP contribution in [0.15, 0.2) is 47.8 Å². The predicted molar refractivity (Wildman–Crippen MR) is 117 cm³/mol. The van der Waals surface area contributed by atoms with Crippen LogP contribution in [0, 0.1) is 0 Å². The summed E-state index contributed by atoms with van der Waals surface area (Å²) in [5, 5.41) is 10.0. The van der Waals surface area contributed by atoms with Crippen LogP contribution in [0.1, 0.15) is 18.2 Å². The zero-order chi connectivity index (χ0) is 25.1. The Labute approximate surface area is 195 Å². The van der Waals surface area contributed by atoms with Gasteiger partial charge in [-0.3, -0.25) is 9.36 Å². The lowest BCUT2D eigenvalue weighted by atomic mass is 10.1. The van der Waals surface area contributed by atoms with Gasteiger partial charge in [0.25, 0.3) is 5.91 Å². The van der Waals surface area contributed by atoms with Gasteiger partial charge in [-0.15, -0.1) is 0 Å². The summed E-state index contributed by atoms with van der Waals surface area (Å²) in [6, 6.07) is 3.09. The molecule has 184 valence electrons. The lowest BCUT2D eigenvalue weighted by molar-refractivity contribution is -0.141. The molecule has 0 bridgehead atoms. The van der Waals surface area contributed by atoms with Crippen molar-refractivity contribution >= 4 is 22.8 Å². The minimum Gasteiger partial charge on any atom is -0.391 e. The second kappa shape index (κ2) is 8.18. The van der Waals surface area contributed by atoms with Crippen molar-refractivity contribution in [1.29, 1.82) is 0 Å². The van der Waals surface area contributed by atoms with Crippen LogP contribution in [0.2, 0.25) is 0 Å². The number of aromatic nitrogens is 4. The van der Waals surface area contributed by atoms with Crippen LogP contribution in [0.5, 0.6) is 0 Å². The number of fused-ring (bicyclic) bond motifs is 1. The first-order valence-corrected chi connectivity index (χ1v) is 10.8. The van der Waals surface area contributed by atoms with Gasteiger partial charge >= 0.3 is 11.9 Å². The molecule has 35 heavy (non-hydrogen) atoms. The molecule has 1 amide bonds. The number of halogens is 4. The van der Waals surface area contributed by atoms with Crippen molar-refractivity contribution in [2.75, 3.05) is 31.1 Å². The first-order chi connectivity index (χ1) is 16.6. The molecule has 5 heterocycles. The van der Waals surface area contributed by atoms with Crippen LogP contribution >= 0.6 is 0 Å². The van der Waals surface area contributed by atoms with Gasteiger partial charge in [0, 0.05) is 32.4 Å². The second-order valence-corrected chi connectivity index (χ2v) is 8.55. The Bertz CT molecular complexity index is 1370. The summed E-state index contributed by atoms with van der Waals surface area (Å²) >= 11 is 0. The molecule has 0 radical (unpaired) electrons. The number of likely N-dealkylation sites (tertiary alicyclic amines) is 1. The molecule has 0 spiro atoms. The summed E-state index contributed by atoms with van der Waals surface area (Å²) in [5.74, 6) is -1.98. The highest BCUT2D eigenvalue weighted by molar-refractivity contribution is 5.91. The number of hydrogen-bond acceptors (Lipinski definition) is 6. The van der Waals surface area contributed by atoms with Crippen molar-refractivity contribution in [3.05, 3.63) is 59.2 Å². The summed E-state index contributed by atoms with van der Waals surface area (Å²) in [6.07, 6.45) is -2.23. The fourth-order valence-corrected chi connectivity index (χ4v) is 4.55. The van der Waals surface area contributed by atoms with Crippen molar-refractivity contribution in [3.8, 4) is 5.69 Å². The number of aliphatic hydroxyl groups excluding tert-OH is 1. The van der Waals surface area contributed by atoms with Gasteiger partial charge in [0.15, 0.2) is 11.5 Å². The van der Waals surface area contributed by atoms with Crippen molar-refractivity contribution < 1.29 is 27.5 Å². The molecule has 0 aliphatic carbocycles. The lowest BCUT2D eigenvalue weighted by Crippen LogP contribution is -2.53. The highest BCUT2D eigenvalue weighted by Crippen LogP contribution is 2.34. The fourth-order valence-electron chi connectivity index (χ4n) is 4.55. The molecule has 13 heteroatoms. The molecule has 3 aromatic rings. The molecule has 1 N–H and O–H groups in total. The van der Waals surface area contributed by atoms with E-state index in [1.165, 1.54) is 15.7 Å². The number of nitrogens with zero attached hydrogens (tertiary/aromatic N) is 6. The average molecular weight is 492 g/mol. The standard InChI is InChI=1S/C22H20F4N6O3/c1-12(23)20(34)30-9-14(10-30)31-18-16(29-7-5-15(33)11-29)4-6-27-19(18)32(21(31)35)13-2-3-17(28-8-13)22(24,25)26/h2-4,6,8,14-15,33H,1,5,7,9-11H2. The number of carbonyl (C=O) groups excluding carboxylic acids is 1. The van der Waals surface area contributed by atoms with E-state index >= 15 is 0 Å². The van der Waals surface area contributed by atoms with E-state index in [1.54, 1.807) is 6.07 Å². The van der Waals surface area contributed by atoms with Crippen molar-refractivity contribution in [2.24, 2.45) is 0 Å². The Morgan fingerprint density at radius 1 is 1.14 bits per heavy atom. The van der Waals surface area contributed by atoms with E-state index in [-0.39, 0.29) is 24.4 Å². The van der Waals surface area contributed by atoms with Crippen LogP contribution < -0.4 is 10.6 Å². The van der Waals surface area contributed by atoms with E-state index < -0.39 is 41.4 Å². The number of imidazole rings is 1. The minimum atomic E-state index is -4.64. The summed E-state index contributed by atoms with van der Waals surface area (Å²) in [6.45, 7) is 3.95. The second-order valence-electron chi connectivity index (χ2n) is 8.55. The van der Waals surface area contributed by atoms with Gasteiger partial charge in [0.2, 0.25) is 0 Å². The fraction of sp³-hybridized carbons (Fsp3) is 0.364. The van der Waals surface area contributed by atoms with Crippen molar-refractivity contribution in [2.45, 2.75) is 24.7 Å². The highest BCUT2D eigenvalue weighted by Gasteiger charge is 2.38. The van der Waals surface area contributed by atoms with Crippen LogP contribution in [0.25, 0.3) is 16.9 Å². The van der Waals surface area contributed by atoms with Gasteiger partial charge in [-0.2, -0.15) is 13.2 Å². The molecule has 1 atom stereocenters. The number of amides is 1. The minimum absolute atomic E-state index is 0.0447. The molecule has 5 rings (SSSR count). The molecule has 2 aliphatic heterocycles. The molecule has 9 nitrogen and oxygen atoms in total. The van der Waals surface area contributed by atoms with Crippen LogP contribution in [0.4, 0.5) is 23.2 Å². The molecule has 0 aromatic carbocycles. The molecule has 0 saturated carbocycles. The SMILES string of the molecule is C=C(F)C(=O)N1CC(n2c(=O)n(-c3ccc(C(F)(F)F)nc3)c3nccc(N4CCC(O)C4)c32)C1. The summed E-state index contributed by atoms with van der Waals surface area (Å²) in [4.78, 5) is 36.4. The molecular formula is C22H20F4N6O3. The summed E-state index contributed by atoms with van der Waals surface area (Å²) < 4.78 is 54.9. The zero-order valence-electron chi connectivity index (χ0n) is 18.2. The first kappa shape index (κ1) is 23.0. The molecule has 2 fully saturated rings. The third-order valence-corrected chi connectivity index (χ3v) is 6.28. The number of aliphatic hydroxyl groups is 1. The number of anilines is 1. The third kappa shape index (κ3) is 3.85. The first-order valence-electron chi connectivity index (χ1n) is 10.8. The van der Waals surface area contributed by atoms with Crippen LogP contribution in [0.3, 0.4) is 0 Å². The monoisotopic (exact) mass is 492 g/mol. The third-order valence-electron chi connectivity index (χ3n) is 6.28. The number of hydrogen-bond donors (Lipinski definition) is 1. The Morgan fingerprint density at radius 2 is 1.89 bits per heavy atom. The highest BCUT2D eigenvalue weighted by atomic mass is 19.4. The van der Waals surface area contributed by atoms with Gasteiger partial charge < -0.3 is 14.9 Å². The molecule has 2 saturated heterocycles. The maximum Gasteiger partial charge on any atom is 0.433 e. The Morgan fingerprint density at radius 3 is 2.46 bits per heavy atom. The average Bonchev–Trinajstić information content (AvgIpc) is 3.33. The van der Waals surface area contributed by atoms with Crippen LogP contribution in [-0.2, 0) is 11.0 Å². The Hall–Kier alpha value is -3.74. The maximum atomic E-state index is 13.6. The van der Waals surface area contributed by atoms with Gasteiger partial charge in [0.05, 0.1) is 29.7 Å².